The molecule has 0 spiro atoms. The van der Waals surface area contributed by atoms with Gasteiger partial charge in [0.05, 0.1) is 18.0 Å². The molecule has 6 nitrogen and oxygen atoms in total. The lowest BCUT2D eigenvalue weighted by Gasteiger charge is -2.31. The fourth-order valence-corrected chi connectivity index (χ4v) is 4.43. The molecule has 0 saturated carbocycles. The Morgan fingerprint density at radius 1 is 1.22 bits per heavy atom. The van der Waals surface area contributed by atoms with Crippen molar-refractivity contribution >= 4 is 22.8 Å². The lowest BCUT2D eigenvalue weighted by molar-refractivity contribution is -0.152. The van der Waals surface area contributed by atoms with Gasteiger partial charge in [0.15, 0.2) is 0 Å². The van der Waals surface area contributed by atoms with E-state index in [0.717, 1.165) is 10.9 Å². The number of nitrogens with zero attached hydrogens (tertiary/aromatic N) is 3. The van der Waals surface area contributed by atoms with E-state index in [4.69, 9.17) is 4.74 Å². The van der Waals surface area contributed by atoms with E-state index in [9.17, 15) is 9.59 Å². The van der Waals surface area contributed by atoms with E-state index < -0.39 is 0 Å². The Morgan fingerprint density at radius 3 is 2.81 bits per heavy atom. The number of carbonyl (C=O) groups excluding carboxylic acids is 2. The maximum Gasteiger partial charge on any atom is 0.309 e. The molecule has 27 heavy (non-hydrogen) atoms. The molecule has 142 valence electrons. The molecule has 2 aliphatic rings. The summed E-state index contributed by atoms with van der Waals surface area (Å²) in [6, 6.07) is 7.83. The molecule has 1 aliphatic heterocycles. The van der Waals surface area contributed by atoms with Gasteiger partial charge in [-0.1, -0.05) is 37.3 Å². The largest absolute Gasteiger partial charge is 0.466 e. The van der Waals surface area contributed by atoms with Gasteiger partial charge in [0.1, 0.15) is 6.54 Å². The number of rotatable bonds is 4. The SMILES string of the molecule is CCOC(=O)[C@@H]1[C@H]2CN(C(=O)Cn3cc4ccccc4n3)C[C@@H]2C=C[C@@H]1C. The lowest BCUT2D eigenvalue weighted by Crippen LogP contribution is -2.37. The molecule has 1 fully saturated rings. The second-order valence-electron chi connectivity index (χ2n) is 7.53. The Hall–Kier alpha value is -2.63. The van der Waals surface area contributed by atoms with Crippen LogP contribution in [-0.4, -0.2) is 46.3 Å². The van der Waals surface area contributed by atoms with Crippen molar-refractivity contribution in [2.24, 2.45) is 23.7 Å². The first-order chi connectivity index (χ1) is 13.1. The minimum absolute atomic E-state index is 0.0425. The summed E-state index contributed by atoms with van der Waals surface area (Å²) in [5.74, 6) is 0.209. The first-order valence-corrected chi connectivity index (χ1v) is 9.61. The Balaban J connectivity index is 1.47. The lowest BCUT2D eigenvalue weighted by atomic mass is 9.72. The van der Waals surface area contributed by atoms with Crippen LogP contribution in [0.4, 0.5) is 0 Å². The molecule has 1 saturated heterocycles. The highest BCUT2D eigenvalue weighted by Gasteiger charge is 2.45. The highest BCUT2D eigenvalue weighted by atomic mass is 16.5. The Kier molecular flexibility index (Phi) is 4.72. The molecular weight excluding hydrogens is 342 g/mol. The van der Waals surface area contributed by atoms with Crippen molar-refractivity contribution in [2.45, 2.75) is 20.4 Å². The minimum Gasteiger partial charge on any atom is -0.466 e. The number of amides is 1. The van der Waals surface area contributed by atoms with Crippen LogP contribution < -0.4 is 0 Å². The van der Waals surface area contributed by atoms with Gasteiger partial charge in [0.2, 0.25) is 5.91 Å². The van der Waals surface area contributed by atoms with Crippen LogP contribution in [0, 0.1) is 23.7 Å². The van der Waals surface area contributed by atoms with Crippen LogP contribution >= 0.6 is 0 Å². The third-order valence-corrected chi connectivity index (χ3v) is 5.77. The van der Waals surface area contributed by atoms with E-state index in [2.05, 4.69) is 17.3 Å². The molecule has 4 atom stereocenters. The number of benzene rings is 1. The van der Waals surface area contributed by atoms with Crippen molar-refractivity contribution in [3.8, 4) is 0 Å². The molecular formula is C21H25N3O3. The predicted molar refractivity (Wildman–Crippen MR) is 102 cm³/mol. The number of aromatic nitrogens is 2. The van der Waals surface area contributed by atoms with E-state index in [1.165, 1.54) is 0 Å². The average molecular weight is 367 g/mol. The number of allylic oxidation sites excluding steroid dienone is 1. The van der Waals surface area contributed by atoms with Gasteiger partial charge in [-0.15, -0.1) is 0 Å². The van der Waals surface area contributed by atoms with E-state index >= 15 is 0 Å². The van der Waals surface area contributed by atoms with Gasteiger partial charge < -0.3 is 9.64 Å². The topological polar surface area (TPSA) is 64.4 Å². The van der Waals surface area contributed by atoms with Crippen molar-refractivity contribution < 1.29 is 14.3 Å². The zero-order chi connectivity index (χ0) is 19.0. The van der Waals surface area contributed by atoms with Crippen LogP contribution in [0.5, 0.6) is 0 Å². The van der Waals surface area contributed by atoms with Gasteiger partial charge in [0, 0.05) is 24.7 Å². The maximum atomic E-state index is 12.8. The molecule has 0 bridgehead atoms. The summed E-state index contributed by atoms with van der Waals surface area (Å²) < 4.78 is 7.00. The van der Waals surface area contributed by atoms with Crippen LogP contribution in [0.1, 0.15) is 13.8 Å². The van der Waals surface area contributed by atoms with Crippen LogP contribution in [0.15, 0.2) is 42.6 Å². The highest BCUT2D eigenvalue weighted by Crippen LogP contribution is 2.40. The molecule has 1 aliphatic carbocycles. The first kappa shape index (κ1) is 17.8. The van der Waals surface area contributed by atoms with Crippen LogP contribution in [0.25, 0.3) is 10.9 Å². The third-order valence-electron chi connectivity index (χ3n) is 5.77. The Bertz CT molecular complexity index is 855. The van der Waals surface area contributed by atoms with Gasteiger partial charge in [-0.2, -0.15) is 5.10 Å². The molecule has 2 aromatic rings. The summed E-state index contributed by atoms with van der Waals surface area (Å²) in [7, 11) is 0. The summed E-state index contributed by atoms with van der Waals surface area (Å²) in [4.78, 5) is 27.2. The van der Waals surface area contributed by atoms with Crippen molar-refractivity contribution in [2.75, 3.05) is 19.7 Å². The van der Waals surface area contributed by atoms with Crippen LogP contribution in [0.2, 0.25) is 0 Å². The van der Waals surface area contributed by atoms with Crippen molar-refractivity contribution in [1.82, 2.24) is 14.7 Å². The molecule has 0 unspecified atom stereocenters. The number of esters is 1. The van der Waals surface area contributed by atoms with E-state index in [1.54, 1.807) is 4.68 Å². The number of carbonyl (C=O) groups is 2. The number of likely N-dealkylation sites (tertiary alicyclic amines) is 1. The zero-order valence-electron chi connectivity index (χ0n) is 15.7. The average Bonchev–Trinajstić information content (AvgIpc) is 3.24. The highest BCUT2D eigenvalue weighted by molar-refractivity contribution is 5.80. The molecule has 1 aromatic heterocycles. The van der Waals surface area contributed by atoms with E-state index in [1.807, 2.05) is 49.2 Å². The summed E-state index contributed by atoms with van der Waals surface area (Å²) in [6.45, 7) is 5.74. The molecule has 0 N–H and O–H groups in total. The maximum absolute atomic E-state index is 12.8. The van der Waals surface area contributed by atoms with Gasteiger partial charge >= 0.3 is 5.97 Å². The fourth-order valence-electron chi connectivity index (χ4n) is 4.43. The standard InChI is InChI=1S/C21H25N3O3/c1-3-27-21(26)20-14(2)8-9-15-10-23(12-17(15)20)19(25)13-24-11-16-6-4-5-7-18(16)22-24/h4-9,11,14-15,17,20H,3,10,12-13H2,1-2H3/t14-,15-,17-,20-/m0/s1. The van der Waals surface area contributed by atoms with Gasteiger partial charge in [-0.05, 0) is 30.7 Å². The first-order valence-electron chi connectivity index (χ1n) is 9.61. The monoisotopic (exact) mass is 367 g/mol. The molecule has 2 heterocycles. The smallest absolute Gasteiger partial charge is 0.309 e. The normalized spacial score (nSPS) is 27.0. The molecule has 1 amide bonds. The van der Waals surface area contributed by atoms with E-state index in [0.29, 0.717) is 19.7 Å². The molecule has 6 heteroatoms. The quantitative estimate of drug-likeness (QED) is 0.615. The third kappa shape index (κ3) is 3.36. The summed E-state index contributed by atoms with van der Waals surface area (Å²) in [5, 5.41) is 5.50. The van der Waals surface area contributed by atoms with Gasteiger partial charge in [-0.25, -0.2) is 0 Å². The molecule has 0 radical (unpaired) electrons. The fraction of sp³-hybridized carbons (Fsp3) is 0.476. The summed E-state index contributed by atoms with van der Waals surface area (Å²) in [6.07, 6.45) is 6.16. The van der Waals surface area contributed by atoms with Crippen LogP contribution in [0.3, 0.4) is 0 Å². The minimum atomic E-state index is -0.176. The van der Waals surface area contributed by atoms with Gasteiger partial charge in [0.25, 0.3) is 0 Å². The summed E-state index contributed by atoms with van der Waals surface area (Å²) in [5.41, 5.74) is 0.888. The molecule has 1 aromatic carbocycles. The Labute approximate surface area is 158 Å². The number of hydrogen-bond donors (Lipinski definition) is 0. The summed E-state index contributed by atoms with van der Waals surface area (Å²) >= 11 is 0. The van der Waals surface area contributed by atoms with E-state index in [-0.39, 0.29) is 42.1 Å². The van der Waals surface area contributed by atoms with Crippen molar-refractivity contribution in [1.29, 1.82) is 0 Å². The van der Waals surface area contributed by atoms with Crippen molar-refractivity contribution in [3.05, 3.63) is 42.6 Å². The Morgan fingerprint density at radius 2 is 2.04 bits per heavy atom. The number of fused-ring (bicyclic) bond motifs is 2. The number of ether oxygens (including phenoxy) is 1. The predicted octanol–water partition coefficient (Wildman–Crippen LogP) is 2.50. The second kappa shape index (κ2) is 7.18. The molecule has 4 rings (SSSR count). The van der Waals surface area contributed by atoms with Crippen molar-refractivity contribution in [3.63, 3.8) is 0 Å². The second-order valence-corrected chi connectivity index (χ2v) is 7.53. The van der Waals surface area contributed by atoms with Gasteiger partial charge in [-0.3, -0.25) is 14.3 Å². The number of hydrogen-bond acceptors (Lipinski definition) is 4. The van der Waals surface area contributed by atoms with Crippen LogP contribution in [-0.2, 0) is 20.9 Å². The zero-order valence-corrected chi connectivity index (χ0v) is 15.7.